The van der Waals surface area contributed by atoms with E-state index < -0.39 is 5.54 Å². The molecule has 2 aliphatic heterocycles. The molecule has 0 bridgehead atoms. The number of hydrogen-bond donors (Lipinski definition) is 0. The lowest BCUT2D eigenvalue weighted by Gasteiger charge is -2.33. The number of fused-ring (bicyclic) bond motifs is 4. The van der Waals surface area contributed by atoms with Crippen LogP contribution in [-0.2, 0) is 10.3 Å². The summed E-state index contributed by atoms with van der Waals surface area (Å²) >= 11 is 0. The molecule has 2 aliphatic rings. The molecule has 2 heterocycles. The van der Waals surface area contributed by atoms with Gasteiger partial charge in [-0.05, 0) is 12.1 Å². The molecular formula is C15H11NO2. The molecule has 2 aromatic carbocycles. The van der Waals surface area contributed by atoms with Gasteiger partial charge in [0.05, 0.1) is 0 Å². The second-order valence-corrected chi connectivity index (χ2v) is 4.50. The lowest BCUT2D eigenvalue weighted by atomic mass is 9.81. The molecule has 0 amide bonds. The molecule has 1 spiro atoms. The van der Waals surface area contributed by atoms with Gasteiger partial charge < -0.3 is 9.47 Å². The van der Waals surface area contributed by atoms with E-state index in [-0.39, 0.29) is 0 Å². The van der Waals surface area contributed by atoms with Crippen LogP contribution in [-0.4, -0.2) is 13.0 Å². The van der Waals surface area contributed by atoms with Crippen molar-refractivity contribution in [3.05, 3.63) is 59.7 Å². The summed E-state index contributed by atoms with van der Waals surface area (Å²) in [6.07, 6.45) is 1.54. The van der Waals surface area contributed by atoms with Crippen molar-refractivity contribution in [2.75, 3.05) is 6.61 Å². The van der Waals surface area contributed by atoms with Gasteiger partial charge in [0, 0.05) is 11.1 Å². The van der Waals surface area contributed by atoms with E-state index in [4.69, 9.17) is 9.47 Å². The van der Waals surface area contributed by atoms with Crippen LogP contribution < -0.4 is 4.74 Å². The number of aliphatic imine (C=N–C) groups is 1. The van der Waals surface area contributed by atoms with Gasteiger partial charge >= 0.3 is 0 Å². The van der Waals surface area contributed by atoms with Crippen molar-refractivity contribution >= 4 is 6.40 Å². The fourth-order valence-corrected chi connectivity index (χ4v) is 2.68. The van der Waals surface area contributed by atoms with Gasteiger partial charge in [0.25, 0.3) is 0 Å². The van der Waals surface area contributed by atoms with Crippen molar-refractivity contribution in [1.82, 2.24) is 0 Å². The quantitative estimate of drug-likeness (QED) is 0.705. The Morgan fingerprint density at radius 3 is 2.06 bits per heavy atom. The van der Waals surface area contributed by atoms with Crippen LogP contribution in [0.15, 0.2) is 53.5 Å². The predicted octanol–water partition coefficient (Wildman–Crippen LogP) is 3.09. The van der Waals surface area contributed by atoms with E-state index in [0.717, 1.165) is 22.6 Å². The molecule has 4 rings (SSSR count). The first kappa shape index (κ1) is 9.71. The summed E-state index contributed by atoms with van der Waals surface area (Å²) < 4.78 is 11.3. The van der Waals surface area contributed by atoms with Crippen molar-refractivity contribution in [3.8, 4) is 11.5 Å². The molecule has 0 radical (unpaired) electrons. The Morgan fingerprint density at radius 1 is 0.889 bits per heavy atom. The van der Waals surface area contributed by atoms with Crippen LogP contribution >= 0.6 is 0 Å². The monoisotopic (exact) mass is 237 g/mol. The molecule has 0 fully saturated rings. The summed E-state index contributed by atoms with van der Waals surface area (Å²) in [7, 11) is 0. The van der Waals surface area contributed by atoms with Crippen LogP contribution in [0.2, 0.25) is 0 Å². The highest BCUT2D eigenvalue weighted by atomic mass is 16.5. The topological polar surface area (TPSA) is 30.8 Å². The van der Waals surface area contributed by atoms with Crippen molar-refractivity contribution in [2.24, 2.45) is 4.99 Å². The normalized spacial score (nSPS) is 17.8. The van der Waals surface area contributed by atoms with E-state index in [1.165, 1.54) is 0 Å². The molecule has 2 aromatic rings. The van der Waals surface area contributed by atoms with Gasteiger partial charge in [0.1, 0.15) is 18.1 Å². The molecule has 3 nitrogen and oxygen atoms in total. The summed E-state index contributed by atoms with van der Waals surface area (Å²) in [5, 5.41) is 0. The first-order chi connectivity index (χ1) is 8.90. The Bertz CT molecular complexity index is 603. The Labute approximate surface area is 105 Å². The Kier molecular flexibility index (Phi) is 1.81. The number of hydrogen-bond acceptors (Lipinski definition) is 3. The Hall–Kier alpha value is -2.29. The van der Waals surface area contributed by atoms with Gasteiger partial charge in [-0.25, -0.2) is 4.99 Å². The van der Waals surface area contributed by atoms with E-state index >= 15 is 0 Å². The zero-order chi connectivity index (χ0) is 12.0. The number of para-hydroxylation sites is 2. The summed E-state index contributed by atoms with van der Waals surface area (Å²) in [6, 6.07) is 16.0. The van der Waals surface area contributed by atoms with E-state index in [2.05, 4.69) is 17.1 Å². The van der Waals surface area contributed by atoms with Crippen molar-refractivity contribution < 1.29 is 9.47 Å². The van der Waals surface area contributed by atoms with Crippen LogP contribution in [0.5, 0.6) is 11.5 Å². The van der Waals surface area contributed by atoms with E-state index in [0.29, 0.717) is 6.61 Å². The minimum absolute atomic E-state index is 0.439. The predicted molar refractivity (Wildman–Crippen MR) is 68.2 cm³/mol. The molecule has 18 heavy (non-hydrogen) atoms. The third kappa shape index (κ3) is 1.11. The maximum atomic E-state index is 5.93. The fourth-order valence-electron chi connectivity index (χ4n) is 2.68. The van der Waals surface area contributed by atoms with Crippen molar-refractivity contribution in [2.45, 2.75) is 5.54 Å². The summed E-state index contributed by atoms with van der Waals surface area (Å²) in [5.41, 5.74) is 1.70. The second-order valence-electron chi connectivity index (χ2n) is 4.50. The average molecular weight is 237 g/mol. The number of rotatable bonds is 0. The molecule has 0 aromatic heterocycles. The van der Waals surface area contributed by atoms with Crippen LogP contribution in [0.3, 0.4) is 0 Å². The first-order valence-corrected chi connectivity index (χ1v) is 5.92. The van der Waals surface area contributed by atoms with Crippen LogP contribution in [0.1, 0.15) is 11.1 Å². The summed E-state index contributed by atoms with van der Waals surface area (Å²) in [4.78, 5) is 4.58. The van der Waals surface area contributed by atoms with Gasteiger partial charge in [-0.3, -0.25) is 0 Å². The third-order valence-corrected chi connectivity index (χ3v) is 3.53. The smallest absolute Gasteiger partial charge is 0.170 e. The van der Waals surface area contributed by atoms with Crippen molar-refractivity contribution in [3.63, 3.8) is 0 Å². The molecule has 0 atom stereocenters. The molecular weight excluding hydrogens is 226 g/mol. The number of nitrogens with zero attached hydrogens (tertiary/aromatic N) is 1. The van der Waals surface area contributed by atoms with Gasteiger partial charge in [-0.1, -0.05) is 36.4 Å². The van der Waals surface area contributed by atoms with Crippen LogP contribution in [0.25, 0.3) is 0 Å². The third-order valence-electron chi connectivity index (χ3n) is 3.53. The van der Waals surface area contributed by atoms with Crippen molar-refractivity contribution in [1.29, 1.82) is 0 Å². The molecule has 88 valence electrons. The molecule has 0 saturated heterocycles. The summed E-state index contributed by atoms with van der Waals surface area (Å²) in [6.45, 7) is 0.532. The van der Waals surface area contributed by atoms with Gasteiger partial charge in [-0.15, -0.1) is 0 Å². The first-order valence-electron chi connectivity index (χ1n) is 5.92. The highest BCUT2D eigenvalue weighted by molar-refractivity contribution is 5.63. The molecule has 0 aliphatic carbocycles. The van der Waals surface area contributed by atoms with Gasteiger partial charge in [0.15, 0.2) is 11.9 Å². The van der Waals surface area contributed by atoms with E-state index in [1.54, 1.807) is 6.40 Å². The second kappa shape index (κ2) is 3.35. The highest BCUT2D eigenvalue weighted by Crippen LogP contribution is 2.49. The van der Waals surface area contributed by atoms with E-state index in [9.17, 15) is 0 Å². The Balaban J connectivity index is 2.05. The number of benzene rings is 2. The van der Waals surface area contributed by atoms with Gasteiger partial charge in [-0.2, -0.15) is 0 Å². The van der Waals surface area contributed by atoms with Gasteiger partial charge in [0.2, 0.25) is 0 Å². The van der Waals surface area contributed by atoms with E-state index in [1.807, 2.05) is 36.4 Å². The zero-order valence-electron chi connectivity index (χ0n) is 9.67. The Morgan fingerprint density at radius 2 is 1.50 bits per heavy atom. The molecule has 0 N–H and O–H groups in total. The maximum absolute atomic E-state index is 5.93. The van der Waals surface area contributed by atoms with Crippen LogP contribution in [0.4, 0.5) is 0 Å². The minimum atomic E-state index is -0.439. The van der Waals surface area contributed by atoms with Crippen LogP contribution in [0, 0.1) is 0 Å². The lowest BCUT2D eigenvalue weighted by molar-refractivity contribution is 0.273. The highest BCUT2D eigenvalue weighted by Gasteiger charge is 2.44. The number of ether oxygens (including phenoxy) is 2. The molecule has 0 saturated carbocycles. The average Bonchev–Trinajstić information content (AvgIpc) is 2.90. The lowest BCUT2D eigenvalue weighted by Crippen LogP contribution is -2.30. The minimum Gasteiger partial charge on any atom is -0.480 e. The standard InChI is InChI=1S/C15H11NO2/c1-3-7-13-11(5-1)15(9-17-10-16-15)12-6-2-4-8-14(12)18-13/h1-8,10H,9H2. The fraction of sp³-hybridized carbons (Fsp3) is 0.133. The zero-order valence-corrected chi connectivity index (χ0v) is 9.67. The molecule has 0 unspecified atom stereocenters. The largest absolute Gasteiger partial charge is 0.480 e. The SMILES string of the molecule is C1=NC2(CO1)c1ccccc1Oc1ccccc12. The summed E-state index contributed by atoms with van der Waals surface area (Å²) in [5.74, 6) is 1.72. The maximum Gasteiger partial charge on any atom is 0.170 e. The molecule has 3 heteroatoms.